The Balaban J connectivity index is 1.91. The lowest BCUT2D eigenvalue weighted by atomic mass is 9.74. The Morgan fingerprint density at radius 3 is 2.13 bits per heavy atom. The lowest BCUT2D eigenvalue weighted by Gasteiger charge is -2.28. The minimum absolute atomic E-state index is 0.233. The molecule has 3 aromatic carbocycles. The number of ether oxygens (including phenoxy) is 1. The van der Waals surface area contributed by atoms with E-state index < -0.39 is 0 Å². The normalized spacial score (nSPS) is 12.5. The number of benzene rings is 3. The molecule has 1 nitrogen and oxygen atoms in total. The molecule has 0 N–H and O–H groups in total. The molecule has 159 valence electrons. The summed E-state index contributed by atoms with van der Waals surface area (Å²) in [6, 6.07) is 27.9. The smallest absolute Gasteiger partial charge is 0.119 e. The minimum atomic E-state index is -0.233. The van der Waals surface area contributed by atoms with Crippen molar-refractivity contribution in [3.63, 3.8) is 0 Å². The maximum atomic E-state index is 5.70. The first-order chi connectivity index (χ1) is 15.2. The van der Waals surface area contributed by atoms with Gasteiger partial charge in [-0.25, -0.2) is 0 Å². The van der Waals surface area contributed by atoms with E-state index in [0.29, 0.717) is 6.61 Å². The van der Waals surface area contributed by atoms with E-state index in [2.05, 4.69) is 105 Å². The first-order valence-corrected chi connectivity index (χ1v) is 11.4. The molecule has 0 spiro atoms. The standard InChI is InChI=1S/C30H33O/c1-4-10-25-13-15-26(16-14-25)21-22-30(6-3,28-11-8-7-9-12-28)24-27-17-19-29(20-18-27)31-23-5-2/h5,7-9,11-20H,4,6,10,23-24H2,1-3H3. The van der Waals surface area contributed by atoms with Gasteiger partial charge in [0.1, 0.15) is 5.75 Å². The summed E-state index contributed by atoms with van der Waals surface area (Å²) in [5, 5.41) is 0. The monoisotopic (exact) mass is 409 g/mol. The van der Waals surface area contributed by atoms with E-state index in [9.17, 15) is 0 Å². The molecular weight excluding hydrogens is 376 g/mol. The number of rotatable bonds is 9. The highest BCUT2D eigenvalue weighted by atomic mass is 16.5. The largest absolute Gasteiger partial charge is 0.493 e. The molecule has 0 saturated heterocycles. The molecule has 1 atom stereocenters. The summed E-state index contributed by atoms with van der Waals surface area (Å²) in [7, 11) is 0. The Kier molecular flexibility index (Phi) is 8.36. The van der Waals surface area contributed by atoms with E-state index in [1.54, 1.807) is 0 Å². The van der Waals surface area contributed by atoms with Gasteiger partial charge in [0.15, 0.2) is 0 Å². The highest BCUT2D eigenvalue weighted by Crippen LogP contribution is 2.32. The van der Waals surface area contributed by atoms with Crippen LogP contribution in [0.25, 0.3) is 0 Å². The van der Waals surface area contributed by atoms with Crippen LogP contribution in [0.5, 0.6) is 5.75 Å². The third-order valence-corrected chi connectivity index (χ3v) is 5.71. The van der Waals surface area contributed by atoms with Crippen molar-refractivity contribution in [2.24, 2.45) is 0 Å². The molecular formula is C30H33O. The molecule has 0 amide bonds. The van der Waals surface area contributed by atoms with Crippen molar-refractivity contribution < 1.29 is 4.74 Å². The number of hydrogen-bond acceptors (Lipinski definition) is 1. The second kappa shape index (κ2) is 11.4. The van der Waals surface area contributed by atoms with Crippen LogP contribution in [0.3, 0.4) is 0 Å². The van der Waals surface area contributed by atoms with E-state index >= 15 is 0 Å². The third kappa shape index (κ3) is 6.25. The first-order valence-electron chi connectivity index (χ1n) is 11.4. The number of hydrogen-bond donors (Lipinski definition) is 0. The van der Waals surface area contributed by atoms with Gasteiger partial charge in [0.25, 0.3) is 0 Å². The maximum absolute atomic E-state index is 5.70. The summed E-state index contributed by atoms with van der Waals surface area (Å²) in [6.07, 6.45) is 6.11. The summed E-state index contributed by atoms with van der Waals surface area (Å²) in [5.41, 5.74) is 4.76. The number of aryl methyl sites for hydroxylation is 1. The molecule has 0 aliphatic rings. The van der Waals surface area contributed by atoms with Gasteiger partial charge in [0, 0.05) is 5.56 Å². The zero-order valence-corrected chi connectivity index (χ0v) is 19.0. The Labute approximate surface area is 188 Å². The Hall–Kier alpha value is -2.98. The predicted octanol–water partition coefficient (Wildman–Crippen LogP) is 7.18. The molecule has 0 heterocycles. The van der Waals surface area contributed by atoms with Gasteiger partial charge in [-0.3, -0.25) is 0 Å². The zero-order valence-electron chi connectivity index (χ0n) is 19.0. The molecule has 0 bridgehead atoms. The molecule has 3 aromatic rings. The van der Waals surface area contributed by atoms with Crippen molar-refractivity contribution in [1.29, 1.82) is 0 Å². The zero-order chi connectivity index (χ0) is 21.9. The molecule has 0 aliphatic heterocycles. The molecule has 0 fully saturated rings. The molecule has 3 rings (SSSR count). The molecule has 1 radical (unpaired) electrons. The van der Waals surface area contributed by atoms with Gasteiger partial charge in [-0.05, 0) is 66.6 Å². The van der Waals surface area contributed by atoms with E-state index in [4.69, 9.17) is 4.74 Å². The topological polar surface area (TPSA) is 9.23 Å². The van der Waals surface area contributed by atoms with Crippen molar-refractivity contribution >= 4 is 0 Å². The van der Waals surface area contributed by atoms with Crippen LogP contribution in [0.4, 0.5) is 0 Å². The molecule has 31 heavy (non-hydrogen) atoms. The van der Waals surface area contributed by atoms with Crippen LogP contribution in [-0.2, 0) is 18.3 Å². The molecule has 1 heteroatoms. The van der Waals surface area contributed by atoms with Crippen LogP contribution in [0.2, 0.25) is 0 Å². The molecule has 0 aliphatic carbocycles. The fourth-order valence-corrected chi connectivity index (χ4v) is 3.86. The fraction of sp³-hybridized carbons (Fsp3) is 0.300. The first kappa shape index (κ1) is 22.7. The van der Waals surface area contributed by atoms with Crippen molar-refractivity contribution in [2.75, 3.05) is 6.61 Å². The molecule has 0 aromatic heterocycles. The highest BCUT2D eigenvalue weighted by Gasteiger charge is 2.28. The highest BCUT2D eigenvalue weighted by molar-refractivity contribution is 5.44. The Morgan fingerprint density at radius 1 is 0.839 bits per heavy atom. The average Bonchev–Trinajstić information content (AvgIpc) is 2.83. The second-order valence-electron chi connectivity index (χ2n) is 8.04. The van der Waals surface area contributed by atoms with Gasteiger partial charge in [-0.15, -0.1) is 0 Å². The SMILES string of the molecule is C[CH]COc1ccc(CC(C#Cc2ccc(CCC)cc2)(CC)c2ccccc2)cc1. The third-order valence-electron chi connectivity index (χ3n) is 5.71. The minimum Gasteiger partial charge on any atom is -0.493 e. The maximum Gasteiger partial charge on any atom is 0.119 e. The summed E-state index contributed by atoms with van der Waals surface area (Å²) < 4.78 is 5.70. The van der Waals surface area contributed by atoms with Crippen LogP contribution in [0.1, 0.15) is 55.9 Å². The van der Waals surface area contributed by atoms with Gasteiger partial charge in [-0.1, -0.05) is 93.6 Å². The van der Waals surface area contributed by atoms with Gasteiger partial charge >= 0.3 is 0 Å². The lowest BCUT2D eigenvalue weighted by Crippen LogP contribution is -2.26. The van der Waals surface area contributed by atoms with Crippen molar-refractivity contribution in [2.45, 2.75) is 51.9 Å². The second-order valence-corrected chi connectivity index (χ2v) is 8.04. The Morgan fingerprint density at radius 2 is 1.52 bits per heavy atom. The molecule has 1 unspecified atom stereocenters. The predicted molar refractivity (Wildman–Crippen MR) is 131 cm³/mol. The van der Waals surface area contributed by atoms with Gasteiger partial charge in [0.05, 0.1) is 12.0 Å². The van der Waals surface area contributed by atoms with Gasteiger partial charge < -0.3 is 4.74 Å². The van der Waals surface area contributed by atoms with E-state index in [0.717, 1.165) is 30.6 Å². The fourth-order valence-electron chi connectivity index (χ4n) is 3.86. The Bertz CT molecular complexity index is 975. The van der Waals surface area contributed by atoms with Crippen LogP contribution in [0, 0.1) is 18.3 Å². The lowest BCUT2D eigenvalue weighted by molar-refractivity contribution is 0.349. The van der Waals surface area contributed by atoms with Gasteiger partial charge in [0.2, 0.25) is 0 Å². The summed E-state index contributed by atoms with van der Waals surface area (Å²) in [5.74, 6) is 8.07. The van der Waals surface area contributed by atoms with E-state index in [-0.39, 0.29) is 5.41 Å². The van der Waals surface area contributed by atoms with Gasteiger partial charge in [-0.2, -0.15) is 0 Å². The van der Waals surface area contributed by atoms with Crippen molar-refractivity contribution in [3.8, 4) is 17.6 Å². The summed E-state index contributed by atoms with van der Waals surface area (Å²) in [6.45, 7) is 7.08. The summed E-state index contributed by atoms with van der Waals surface area (Å²) >= 11 is 0. The summed E-state index contributed by atoms with van der Waals surface area (Å²) in [4.78, 5) is 0. The van der Waals surface area contributed by atoms with Crippen molar-refractivity contribution in [1.82, 2.24) is 0 Å². The van der Waals surface area contributed by atoms with Crippen molar-refractivity contribution in [3.05, 3.63) is 108 Å². The van der Waals surface area contributed by atoms with Crippen LogP contribution in [-0.4, -0.2) is 6.61 Å². The van der Waals surface area contributed by atoms with Crippen LogP contribution in [0.15, 0.2) is 78.9 Å². The van der Waals surface area contributed by atoms with E-state index in [1.807, 2.05) is 13.3 Å². The molecule has 0 saturated carbocycles. The van der Waals surface area contributed by atoms with E-state index in [1.165, 1.54) is 23.1 Å². The quantitative estimate of drug-likeness (QED) is 0.340. The van der Waals surface area contributed by atoms with Crippen LogP contribution >= 0.6 is 0 Å². The van der Waals surface area contributed by atoms with Crippen LogP contribution < -0.4 is 4.74 Å². The average molecular weight is 410 g/mol.